The molecule has 2 aromatic rings. The second-order valence-corrected chi connectivity index (χ2v) is 12.4. The third-order valence-corrected chi connectivity index (χ3v) is 9.73. The Kier molecular flexibility index (Phi) is 7.45. The highest BCUT2D eigenvalue weighted by molar-refractivity contribution is 5.67. The lowest BCUT2D eigenvalue weighted by Gasteiger charge is -2.66. The average Bonchev–Trinajstić information content (AvgIpc) is 2.90. The summed E-state index contributed by atoms with van der Waals surface area (Å²) in [7, 11) is 0. The van der Waals surface area contributed by atoms with Crippen LogP contribution in [0.15, 0.2) is 39.8 Å². The molecule has 42 heavy (non-hydrogen) atoms. The van der Waals surface area contributed by atoms with Crippen LogP contribution in [0, 0.1) is 22.7 Å². The molecule has 0 bridgehead atoms. The van der Waals surface area contributed by atoms with Crippen LogP contribution in [-0.2, 0) is 28.6 Å². The highest BCUT2D eigenvalue weighted by Crippen LogP contribution is 2.67. The van der Waals surface area contributed by atoms with E-state index in [0.29, 0.717) is 18.4 Å². The third-order valence-electron chi connectivity index (χ3n) is 9.73. The standard InChI is InChI=1S/C31H37NO10/c1-16(33)38-15-30(5)22-13-24(40-18(3)35)31(6)27(29(22,4)10-9-23(30)39-17(2)34)26(36)25-21(42-31)12-20(41-28(25)37)19-8-7-11-32-14-19/h7-8,11-12,14,22-24,26-27,36H,9-10,13,15H2,1-6H3/t22-,23+,24+,26+,27-,29+,30+,31-/m1/s1. The van der Waals surface area contributed by atoms with Crippen molar-refractivity contribution < 1.29 is 42.9 Å². The van der Waals surface area contributed by atoms with Crippen LogP contribution in [-0.4, -0.2) is 52.4 Å². The highest BCUT2D eigenvalue weighted by Gasteiger charge is 2.70. The lowest BCUT2D eigenvalue weighted by Crippen LogP contribution is -2.71. The van der Waals surface area contributed by atoms with Crippen molar-refractivity contribution in [3.05, 3.63) is 46.6 Å². The molecule has 11 nitrogen and oxygen atoms in total. The van der Waals surface area contributed by atoms with E-state index in [1.165, 1.54) is 20.8 Å². The molecule has 0 aromatic carbocycles. The van der Waals surface area contributed by atoms with Gasteiger partial charge in [0.1, 0.15) is 41.5 Å². The molecule has 0 unspecified atom stereocenters. The summed E-state index contributed by atoms with van der Waals surface area (Å²) >= 11 is 0. The topological polar surface area (TPSA) is 151 Å². The van der Waals surface area contributed by atoms with Crippen molar-refractivity contribution >= 4 is 17.9 Å². The Balaban J connectivity index is 1.66. The summed E-state index contributed by atoms with van der Waals surface area (Å²) in [6, 6.07) is 5.00. The molecule has 0 radical (unpaired) electrons. The van der Waals surface area contributed by atoms with Crippen LogP contribution >= 0.6 is 0 Å². The van der Waals surface area contributed by atoms with E-state index in [9.17, 15) is 24.3 Å². The molecule has 3 aliphatic rings. The van der Waals surface area contributed by atoms with E-state index in [0.717, 1.165) is 0 Å². The smallest absolute Gasteiger partial charge is 0.345 e. The SMILES string of the molecule is CC(=O)OC[C@@]1(C)[C@@H]2C[C@H](OC(C)=O)[C@@]3(C)Oc4cc(-c5cccnc5)oc(=O)c4[C@H](O)[C@@H]3[C@@]2(C)CC[C@@H]1OC(C)=O. The first-order valence-corrected chi connectivity index (χ1v) is 14.1. The predicted octanol–water partition coefficient (Wildman–Crippen LogP) is 3.76. The van der Waals surface area contributed by atoms with Gasteiger partial charge in [0, 0.05) is 56.1 Å². The van der Waals surface area contributed by atoms with E-state index in [-0.39, 0.29) is 36.0 Å². The molecule has 0 saturated heterocycles. The number of carbonyl (C=O) groups excluding carboxylic acids is 3. The molecule has 11 heteroatoms. The fourth-order valence-corrected chi connectivity index (χ4v) is 8.04. The Morgan fingerprint density at radius 1 is 1.07 bits per heavy atom. The van der Waals surface area contributed by atoms with E-state index >= 15 is 0 Å². The summed E-state index contributed by atoms with van der Waals surface area (Å²) in [6.45, 7) is 9.56. The number of carbonyl (C=O) groups is 3. The Bertz CT molecular complexity index is 1460. The van der Waals surface area contributed by atoms with Gasteiger partial charge in [0.15, 0.2) is 0 Å². The van der Waals surface area contributed by atoms with Crippen LogP contribution < -0.4 is 10.4 Å². The predicted molar refractivity (Wildman–Crippen MR) is 147 cm³/mol. The van der Waals surface area contributed by atoms with Gasteiger partial charge in [0.25, 0.3) is 0 Å². The van der Waals surface area contributed by atoms with Crippen LogP contribution in [0.25, 0.3) is 11.3 Å². The van der Waals surface area contributed by atoms with Gasteiger partial charge in [-0.05, 0) is 49.7 Å². The van der Waals surface area contributed by atoms with Gasteiger partial charge in [0.05, 0.1) is 6.10 Å². The molecular weight excluding hydrogens is 546 g/mol. The largest absolute Gasteiger partial charge is 0.482 e. The van der Waals surface area contributed by atoms with Crippen LogP contribution in [0.3, 0.4) is 0 Å². The Morgan fingerprint density at radius 2 is 1.76 bits per heavy atom. The van der Waals surface area contributed by atoms with E-state index < -0.39 is 64.2 Å². The molecule has 0 amide bonds. The number of ether oxygens (including phenoxy) is 4. The zero-order valence-electron chi connectivity index (χ0n) is 24.7. The van der Waals surface area contributed by atoms with E-state index in [1.54, 1.807) is 37.5 Å². The summed E-state index contributed by atoms with van der Waals surface area (Å²) in [4.78, 5) is 54.0. The summed E-state index contributed by atoms with van der Waals surface area (Å²) in [5.74, 6) is -2.25. The minimum absolute atomic E-state index is 0.0163. The molecular formula is C31H37NO10. The first-order chi connectivity index (χ1) is 19.7. The van der Waals surface area contributed by atoms with Crippen molar-refractivity contribution in [2.24, 2.45) is 22.7 Å². The van der Waals surface area contributed by atoms with Gasteiger partial charge in [-0.25, -0.2) is 4.79 Å². The molecule has 3 heterocycles. The molecule has 2 aromatic heterocycles. The zero-order valence-corrected chi connectivity index (χ0v) is 24.7. The van der Waals surface area contributed by atoms with Crippen molar-refractivity contribution in [1.29, 1.82) is 0 Å². The third kappa shape index (κ3) is 4.77. The van der Waals surface area contributed by atoms with E-state index in [1.807, 2.05) is 13.8 Å². The van der Waals surface area contributed by atoms with Gasteiger partial charge >= 0.3 is 23.5 Å². The Morgan fingerprint density at radius 3 is 2.38 bits per heavy atom. The van der Waals surface area contributed by atoms with Gasteiger partial charge in [0.2, 0.25) is 0 Å². The van der Waals surface area contributed by atoms with Crippen molar-refractivity contribution in [3.8, 4) is 17.1 Å². The van der Waals surface area contributed by atoms with E-state index in [2.05, 4.69) is 4.98 Å². The number of aliphatic hydroxyl groups excluding tert-OH is 1. The lowest BCUT2D eigenvalue weighted by atomic mass is 9.42. The maximum atomic E-state index is 13.4. The summed E-state index contributed by atoms with van der Waals surface area (Å²) in [5.41, 5.74) is -3.09. The first kappa shape index (κ1) is 29.8. The van der Waals surface area contributed by atoms with Crippen molar-refractivity contribution in [2.45, 2.75) is 84.7 Å². The van der Waals surface area contributed by atoms with Crippen LogP contribution in [0.5, 0.6) is 5.75 Å². The fourth-order valence-electron chi connectivity index (χ4n) is 8.04. The average molecular weight is 584 g/mol. The fraction of sp³-hybridized carbons (Fsp3) is 0.581. The number of fused-ring (bicyclic) bond motifs is 4. The molecule has 1 aliphatic heterocycles. The number of aliphatic hydroxyl groups is 1. The maximum Gasteiger partial charge on any atom is 0.345 e. The second kappa shape index (κ2) is 10.5. The van der Waals surface area contributed by atoms with Gasteiger partial charge in [-0.15, -0.1) is 0 Å². The molecule has 226 valence electrons. The summed E-state index contributed by atoms with van der Waals surface area (Å²) in [5, 5.41) is 12.1. The number of hydrogen-bond acceptors (Lipinski definition) is 11. The number of nitrogens with zero attached hydrogens (tertiary/aromatic N) is 1. The minimum atomic E-state index is -1.34. The van der Waals surface area contributed by atoms with Gasteiger partial charge in [-0.1, -0.05) is 13.8 Å². The van der Waals surface area contributed by atoms with Gasteiger partial charge < -0.3 is 28.5 Å². The minimum Gasteiger partial charge on any atom is -0.482 e. The van der Waals surface area contributed by atoms with Crippen molar-refractivity contribution in [3.63, 3.8) is 0 Å². The van der Waals surface area contributed by atoms with Gasteiger partial charge in [-0.2, -0.15) is 0 Å². The second-order valence-electron chi connectivity index (χ2n) is 12.4. The van der Waals surface area contributed by atoms with Crippen LogP contribution in [0.2, 0.25) is 0 Å². The maximum absolute atomic E-state index is 13.4. The highest BCUT2D eigenvalue weighted by atomic mass is 16.6. The lowest BCUT2D eigenvalue weighted by molar-refractivity contribution is -0.270. The molecule has 2 aliphatic carbocycles. The molecule has 8 atom stereocenters. The molecule has 2 saturated carbocycles. The molecule has 1 N–H and O–H groups in total. The quantitative estimate of drug-likeness (QED) is 0.405. The van der Waals surface area contributed by atoms with Crippen molar-refractivity contribution in [1.82, 2.24) is 4.98 Å². The first-order valence-electron chi connectivity index (χ1n) is 14.1. The summed E-state index contributed by atoms with van der Waals surface area (Å²) < 4.78 is 29.5. The molecule has 5 rings (SSSR count). The zero-order chi connectivity index (χ0) is 30.6. The summed E-state index contributed by atoms with van der Waals surface area (Å²) in [6.07, 6.45) is 1.53. The Labute approximate surface area is 243 Å². The number of aromatic nitrogens is 1. The monoisotopic (exact) mass is 583 g/mol. The number of pyridine rings is 1. The van der Waals surface area contributed by atoms with Crippen LogP contribution in [0.4, 0.5) is 0 Å². The molecule has 0 spiro atoms. The number of hydrogen-bond donors (Lipinski definition) is 1. The van der Waals surface area contributed by atoms with Crippen molar-refractivity contribution in [2.75, 3.05) is 6.61 Å². The van der Waals surface area contributed by atoms with E-state index in [4.69, 9.17) is 23.4 Å². The number of rotatable bonds is 5. The number of esters is 3. The molecule has 2 fully saturated rings. The van der Waals surface area contributed by atoms with Gasteiger partial charge in [-0.3, -0.25) is 19.4 Å². The van der Waals surface area contributed by atoms with Crippen LogP contribution in [0.1, 0.15) is 72.5 Å². The normalized spacial score (nSPS) is 35.0. The Hall–Kier alpha value is -3.73.